The lowest BCUT2D eigenvalue weighted by Gasteiger charge is -2.19. The van der Waals surface area contributed by atoms with Crippen LogP contribution in [0.1, 0.15) is 16.1 Å². The van der Waals surface area contributed by atoms with Gasteiger partial charge in [-0.1, -0.05) is 18.2 Å². The van der Waals surface area contributed by atoms with E-state index in [9.17, 15) is 18.0 Å². The van der Waals surface area contributed by atoms with Gasteiger partial charge in [0, 0.05) is 25.4 Å². The van der Waals surface area contributed by atoms with E-state index in [1.807, 2.05) is 0 Å². The molecular weight excluding hydrogens is 285 g/mol. The number of aromatic amines is 1. The van der Waals surface area contributed by atoms with Gasteiger partial charge in [-0.15, -0.1) is 13.2 Å². The first-order valence-electron chi connectivity index (χ1n) is 6.09. The minimum Gasteiger partial charge on any atom is -0.405 e. The van der Waals surface area contributed by atoms with Crippen molar-refractivity contribution < 1.29 is 22.7 Å². The van der Waals surface area contributed by atoms with E-state index in [0.29, 0.717) is 5.69 Å². The van der Waals surface area contributed by atoms with E-state index in [2.05, 4.69) is 9.72 Å². The molecule has 0 saturated heterocycles. The van der Waals surface area contributed by atoms with Crippen LogP contribution in [0.25, 0.3) is 0 Å². The summed E-state index contributed by atoms with van der Waals surface area (Å²) in [7, 11) is 1.51. The van der Waals surface area contributed by atoms with E-state index < -0.39 is 6.36 Å². The summed E-state index contributed by atoms with van der Waals surface area (Å²) in [6, 6.07) is 9.00. The van der Waals surface area contributed by atoms with Gasteiger partial charge >= 0.3 is 6.36 Å². The summed E-state index contributed by atoms with van der Waals surface area (Å²) in [4.78, 5) is 16.1. The Hall–Kier alpha value is -2.44. The van der Waals surface area contributed by atoms with Crippen molar-refractivity contribution in [2.75, 3.05) is 7.05 Å². The van der Waals surface area contributed by atoms with E-state index in [-0.39, 0.29) is 23.8 Å². The number of nitrogens with one attached hydrogen (secondary N) is 1. The number of nitrogens with zero attached hydrogens (tertiary/aromatic N) is 1. The summed E-state index contributed by atoms with van der Waals surface area (Å²) in [6.07, 6.45) is -3.17. The maximum atomic E-state index is 12.3. The molecule has 1 aromatic heterocycles. The number of para-hydroxylation sites is 1. The second-order valence-corrected chi connectivity index (χ2v) is 4.40. The number of hydrogen-bond donors (Lipinski definition) is 1. The predicted octanol–water partition coefficient (Wildman–Crippen LogP) is 3.19. The first-order valence-corrected chi connectivity index (χ1v) is 6.09. The number of carbonyl (C=O) groups excluding carboxylic acids is 1. The lowest BCUT2D eigenvalue weighted by atomic mass is 10.2. The lowest BCUT2D eigenvalue weighted by Crippen LogP contribution is -2.27. The monoisotopic (exact) mass is 298 g/mol. The van der Waals surface area contributed by atoms with Crippen LogP contribution in [0.3, 0.4) is 0 Å². The molecule has 112 valence electrons. The highest BCUT2D eigenvalue weighted by Crippen LogP contribution is 2.27. The molecule has 2 aromatic rings. The Bertz CT molecular complexity index is 609. The van der Waals surface area contributed by atoms with Crippen LogP contribution in [0.2, 0.25) is 0 Å². The fraction of sp³-hybridized carbons (Fsp3) is 0.214. The van der Waals surface area contributed by atoms with Gasteiger partial charge in [0.2, 0.25) is 0 Å². The Kier molecular flexibility index (Phi) is 4.21. The number of rotatable bonds is 4. The Labute approximate surface area is 119 Å². The van der Waals surface area contributed by atoms with Crippen molar-refractivity contribution >= 4 is 5.91 Å². The highest BCUT2D eigenvalue weighted by Gasteiger charge is 2.32. The molecule has 0 saturated carbocycles. The van der Waals surface area contributed by atoms with Crippen molar-refractivity contribution in [2.24, 2.45) is 0 Å². The second kappa shape index (κ2) is 5.90. The molecule has 2 rings (SSSR count). The molecule has 0 atom stereocenters. The van der Waals surface area contributed by atoms with E-state index >= 15 is 0 Å². The largest absolute Gasteiger partial charge is 0.573 e. The fourth-order valence-electron chi connectivity index (χ4n) is 1.86. The van der Waals surface area contributed by atoms with Crippen molar-refractivity contribution in [3.05, 3.63) is 53.9 Å². The van der Waals surface area contributed by atoms with Gasteiger partial charge in [-0.25, -0.2) is 0 Å². The molecule has 0 radical (unpaired) electrons. The highest BCUT2D eigenvalue weighted by molar-refractivity contribution is 5.92. The number of halogens is 3. The first-order chi connectivity index (χ1) is 9.87. The number of amides is 1. The molecule has 0 unspecified atom stereocenters. The molecule has 0 aliphatic rings. The summed E-state index contributed by atoms with van der Waals surface area (Å²) in [5.74, 6) is -0.627. The topological polar surface area (TPSA) is 45.3 Å². The smallest absolute Gasteiger partial charge is 0.405 e. The van der Waals surface area contributed by atoms with Gasteiger partial charge in [-0.3, -0.25) is 4.79 Å². The first kappa shape index (κ1) is 15.0. The molecule has 0 fully saturated rings. The molecule has 1 N–H and O–H groups in total. The van der Waals surface area contributed by atoms with Crippen LogP contribution in [0.15, 0.2) is 42.6 Å². The zero-order chi connectivity index (χ0) is 15.5. The minimum absolute atomic E-state index is 0.00407. The summed E-state index contributed by atoms with van der Waals surface area (Å²) in [5.41, 5.74) is 0.643. The number of benzene rings is 1. The lowest BCUT2D eigenvalue weighted by molar-refractivity contribution is -0.274. The van der Waals surface area contributed by atoms with Crippen LogP contribution in [-0.2, 0) is 6.54 Å². The van der Waals surface area contributed by atoms with Gasteiger partial charge < -0.3 is 14.6 Å². The van der Waals surface area contributed by atoms with Gasteiger partial charge in [0.1, 0.15) is 11.4 Å². The summed E-state index contributed by atoms with van der Waals surface area (Å²) in [5, 5.41) is 0. The summed E-state index contributed by atoms with van der Waals surface area (Å²) in [6.45, 7) is 0.00407. The SMILES string of the molecule is CN(Cc1ccccc1OC(F)(F)F)C(=O)c1ccc[nH]1. The number of ether oxygens (including phenoxy) is 1. The third-order valence-corrected chi connectivity index (χ3v) is 2.78. The van der Waals surface area contributed by atoms with Crippen LogP contribution < -0.4 is 4.74 Å². The van der Waals surface area contributed by atoms with E-state index in [1.165, 1.54) is 30.1 Å². The van der Waals surface area contributed by atoms with E-state index in [0.717, 1.165) is 0 Å². The van der Waals surface area contributed by atoms with Gasteiger partial charge in [0.05, 0.1) is 0 Å². The maximum Gasteiger partial charge on any atom is 0.573 e. The predicted molar refractivity (Wildman–Crippen MR) is 69.7 cm³/mol. The normalized spacial score (nSPS) is 11.2. The number of carbonyl (C=O) groups is 1. The highest BCUT2D eigenvalue weighted by atomic mass is 19.4. The molecule has 0 bridgehead atoms. The Balaban J connectivity index is 2.14. The third kappa shape index (κ3) is 4.01. The number of H-pyrrole nitrogens is 1. The van der Waals surface area contributed by atoms with Crippen molar-refractivity contribution in [1.29, 1.82) is 0 Å². The van der Waals surface area contributed by atoms with Crippen LogP contribution >= 0.6 is 0 Å². The molecule has 1 amide bonds. The molecule has 4 nitrogen and oxygen atoms in total. The summed E-state index contributed by atoms with van der Waals surface area (Å²) >= 11 is 0. The van der Waals surface area contributed by atoms with Crippen LogP contribution in [-0.4, -0.2) is 29.2 Å². The van der Waals surface area contributed by atoms with Crippen molar-refractivity contribution in [3.8, 4) is 5.75 Å². The van der Waals surface area contributed by atoms with Crippen LogP contribution in [0.4, 0.5) is 13.2 Å². The standard InChI is InChI=1S/C14H13F3N2O2/c1-19(13(20)11-6-4-8-18-11)9-10-5-2-3-7-12(10)21-14(15,16)17/h2-8,18H,9H2,1H3. The molecule has 7 heteroatoms. The molecule has 0 aliphatic carbocycles. The van der Waals surface area contributed by atoms with Gasteiger partial charge in [-0.05, 0) is 18.2 Å². The van der Waals surface area contributed by atoms with Gasteiger partial charge in [0.25, 0.3) is 5.91 Å². The number of hydrogen-bond acceptors (Lipinski definition) is 2. The van der Waals surface area contributed by atoms with Gasteiger partial charge in [-0.2, -0.15) is 0 Å². The van der Waals surface area contributed by atoms with Crippen LogP contribution in [0, 0.1) is 0 Å². The fourth-order valence-corrected chi connectivity index (χ4v) is 1.86. The minimum atomic E-state index is -4.77. The van der Waals surface area contributed by atoms with Crippen LogP contribution in [0.5, 0.6) is 5.75 Å². The van der Waals surface area contributed by atoms with Gasteiger partial charge in [0.15, 0.2) is 0 Å². The molecule has 1 heterocycles. The van der Waals surface area contributed by atoms with E-state index in [4.69, 9.17) is 0 Å². The zero-order valence-electron chi connectivity index (χ0n) is 11.1. The quantitative estimate of drug-likeness (QED) is 0.942. The van der Waals surface area contributed by atoms with Crippen molar-refractivity contribution in [3.63, 3.8) is 0 Å². The molecular formula is C14H13F3N2O2. The molecule has 0 spiro atoms. The maximum absolute atomic E-state index is 12.3. The summed E-state index contributed by atoms with van der Waals surface area (Å²) < 4.78 is 41.0. The number of aromatic nitrogens is 1. The molecule has 0 aliphatic heterocycles. The van der Waals surface area contributed by atoms with Crippen molar-refractivity contribution in [2.45, 2.75) is 12.9 Å². The van der Waals surface area contributed by atoms with Crippen molar-refractivity contribution in [1.82, 2.24) is 9.88 Å². The average molecular weight is 298 g/mol. The zero-order valence-corrected chi connectivity index (χ0v) is 11.1. The Morgan fingerprint density at radius 3 is 2.57 bits per heavy atom. The molecule has 1 aromatic carbocycles. The second-order valence-electron chi connectivity index (χ2n) is 4.40. The average Bonchev–Trinajstić information content (AvgIpc) is 2.92. The van der Waals surface area contributed by atoms with E-state index in [1.54, 1.807) is 24.4 Å². The molecule has 21 heavy (non-hydrogen) atoms. The third-order valence-electron chi connectivity index (χ3n) is 2.78. The number of alkyl halides is 3. The Morgan fingerprint density at radius 2 is 1.95 bits per heavy atom. The Morgan fingerprint density at radius 1 is 1.24 bits per heavy atom.